The lowest BCUT2D eigenvalue weighted by Gasteiger charge is -2.20. The Hall–Kier alpha value is -3.02. The lowest BCUT2D eigenvalue weighted by atomic mass is 9.89. The molecule has 28 heavy (non-hydrogen) atoms. The Bertz CT molecular complexity index is 952. The fraction of sp³-hybridized carbons (Fsp3) is 0.364. The first-order valence-electron chi connectivity index (χ1n) is 9.83. The highest BCUT2D eigenvalue weighted by atomic mass is 16.5. The van der Waals surface area contributed by atoms with Gasteiger partial charge in [-0.05, 0) is 61.4 Å². The van der Waals surface area contributed by atoms with Gasteiger partial charge in [-0.15, -0.1) is 0 Å². The molecular weight excluding hydrogens is 352 g/mol. The van der Waals surface area contributed by atoms with Gasteiger partial charge >= 0.3 is 0 Å². The normalized spacial score (nSPS) is 14.3. The summed E-state index contributed by atoms with van der Waals surface area (Å²) in [7, 11) is 0. The molecular formula is C22H24N4O2. The van der Waals surface area contributed by atoms with Gasteiger partial charge in [-0.2, -0.15) is 4.98 Å². The molecule has 1 aliphatic rings. The smallest absolute Gasteiger partial charge is 0.227 e. The van der Waals surface area contributed by atoms with Crippen LogP contribution in [-0.2, 0) is 24.1 Å². The van der Waals surface area contributed by atoms with Crippen molar-refractivity contribution in [2.75, 3.05) is 0 Å². The van der Waals surface area contributed by atoms with Gasteiger partial charge in [-0.3, -0.25) is 9.78 Å². The van der Waals surface area contributed by atoms with E-state index in [1.54, 1.807) is 12.4 Å². The summed E-state index contributed by atoms with van der Waals surface area (Å²) < 4.78 is 5.25. The van der Waals surface area contributed by atoms with Gasteiger partial charge in [0.2, 0.25) is 17.6 Å². The molecule has 0 fully saturated rings. The first kappa shape index (κ1) is 18.3. The highest BCUT2D eigenvalue weighted by molar-refractivity contribution is 5.76. The monoisotopic (exact) mass is 376 g/mol. The van der Waals surface area contributed by atoms with Gasteiger partial charge in [0, 0.05) is 30.8 Å². The molecule has 2 heterocycles. The van der Waals surface area contributed by atoms with Crippen LogP contribution in [0.1, 0.15) is 54.8 Å². The third kappa shape index (κ3) is 4.27. The maximum absolute atomic E-state index is 12.4. The summed E-state index contributed by atoms with van der Waals surface area (Å²) in [4.78, 5) is 20.7. The molecule has 2 aromatic heterocycles. The van der Waals surface area contributed by atoms with Crippen LogP contribution in [0.5, 0.6) is 0 Å². The van der Waals surface area contributed by atoms with E-state index in [0.717, 1.165) is 17.5 Å². The van der Waals surface area contributed by atoms with Gasteiger partial charge in [0.05, 0.1) is 6.04 Å². The topological polar surface area (TPSA) is 80.9 Å². The van der Waals surface area contributed by atoms with E-state index in [9.17, 15) is 4.79 Å². The predicted molar refractivity (Wildman–Crippen MR) is 105 cm³/mol. The molecule has 0 spiro atoms. The van der Waals surface area contributed by atoms with Crippen LogP contribution >= 0.6 is 0 Å². The van der Waals surface area contributed by atoms with E-state index in [0.29, 0.717) is 24.6 Å². The average molecular weight is 376 g/mol. The quantitative estimate of drug-likeness (QED) is 0.707. The molecule has 144 valence electrons. The second-order valence-electron chi connectivity index (χ2n) is 7.28. The highest BCUT2D eigenvalue weighted by Crippen LogP contribution is 2.25. The van der Waals surface area contributed by atoms with E-state index in [2.05, 4.69) is 38.6 Å². The Balaban J connectivity index is 1.31. The highest BCUT2D eigenvalue weighted by Gasteiger charge is 2.15. The Kier molecular flexibility index (Phi) is 5.46. The molecule has 6 nitrogen and oxygen atoms in total. The van der Waals surface area contributed by atoms with Crippen molar-refractivity contribution in [2.24, 2.45) is 0 Å². The SMILES string of the molecule is CC(NC(=O)CCc1nc(-c2cccnc2)no1)c1ccc2c(c1)CCCC2. The number of carbonyl (C=O) groups excluding carboxylic acids is 1. The number of aromatic nitrogens is 3. The van der Waals surface area contributed by atoms with Crippen molar-refractivity contribution in [2.45, 2.75) is 51.5 Å². The molecule has 1 N–H and O–H groups in total. The summed E-state index contributed by atoms with van der Waals surface area (Å²) in [6.45, 7) is 2.02. The standard InChI is InChI=1S/C22H24N4O2/c1-15(17-9-8-16-5-2-3-6-18(16)13-17)24-20(27)10-11-21-25-22(26-28-21)19-7-4-12-23-14-19/h4,7-9,12-15H,2-3,5-6,10-11H2,1H3,(H,24,27). The maximum atomic E-state index is 12.4. The molecule has 1 unspecified atom stereocenters. The second kappa shape index (κ2) is 8.33. The van der Waals surface area contributed by atoms with Crippen LogP contribution in [0.2, 0.25) is 0 Å². The number of rotatable bonds is 6. The van der Waals surface area contributed by atoms with E-state index in [4.69, 9.17) is 4.52 Å². The van der Waals surface area contributed by atoms with Crippen molar-refractivity contribution in [3.8, 4) is 11.4 Å². The molecule has 1 atom stereocenters. The minimum absolute atomic E-state index is 0.0200. The van der Waals surface area contributed by atoms with Gasteiger partial charge in [0.25, 0.3) is 0 Å². The number of nitrogens with one attached hydrogen (secondary N) is 1. The number of hydrogen-bond donors (Lipinski definition) is 1. The average Bonchev–Trinajstić information content (AvgIpc) is 3.22. The number of nitrogens with zero attached hydrogens (tertiary/aromatic N) is 3. The molecule has 0 saturated carbocycles. The van der Waals surface area contributed by atoms with Crippen molar-refractivity contribution < 1.29 is 9.32 Å². The number of amides is 1. The summed E-state index contributed by atoms with van der Waals surface area (Å²) in [6.07, 6.45) is 8.93. The van der Waals surface area contributed by atoms with Crippen LogP contribution in [-0.4, -0.2) is 21.0 Å². The number of fused-ring (bicyclic) bond motifs is 1. The summed E-state index contributed by atoms with van der Waals surface area (Å²) in [5.74, 6) is 0.924. The molecule has 4 rings (SSSR count). The Morgan fingerprint density at radius 2 is 2.07 bits per heavy atom. The van der Waals surface area contributed by atoms with Crippen LogP contribution in [0.15, 0.2) is 47.2 Å². The van der Waals surface area contributed by atoms with Crippen LogP contribution in [0.3, 0.4) is 0 Å². The first-order valence-corrected chi connectivity index (χ1v) is 9.83. The third-order valence-electron chi connectivity index (χ3n) is 5.20. The molecule has 1 amide bonds. The largest absolute Gasteiger partial charge is 0.350 e. The second-order valence-corrected chi connectivity index (χ2v) is 7.28. The van der Waals surface area contributed by atoms with Crippen molar-refractivity contribution in [1.82, 2.24) is 20.4 Å². The van der Waals surface area contributed by atoms with Crippen molar-refractivity contribution >= 4 is 5.91 Å². The van der Waals surface area contributed by atoms with E-state index < -0.39 is 0 Å². The predicted octanol–water partition coefficient (Wildman–Crippen LogP) is 3.82. The van der Waals surface area contributed by atoms with Crippen molar-refractivity contribution in [3.05, 3.63) is 65.3 Å². The zero-order chi connectivity index (χ0) is 19.3. The van der Waals surface area contributed by atoms with E-state index in [-0.39, 0.29) is 11.9 Å². The molecule has 0 radical (unpaired) electrons. The Morgan fingerprint density at radius 3 is 2.89 bits per heavy atom. The van der Waals surface area contributed by atoms with Crippen LogP contribution in [0, 0.1) is 0 Å². The number of benzene rings is 1. The molecule has 6 heteroatoms. The zero-order valence-electron chi connectivity index (χ0n) is 16.0. The summed E-state index contributed by atoms with van der Waals surface area (Å²) in [5.41, 5.74) is 4.83. The summed E-state index contributed by atoms with van der Waals surface area (Å²) >= 11 is 0. The molecule has 3 aromatic rings. The van der Waals surface area contributed by atoms with Gasteiger partial charge < -0.3 is 9.84 Å². The maximum Gasteiger partial charge on any atom is 0.227 e. The molecule has 0 aliphatic heterocycles. The Morgan fingerprint density at radius 1 is 1.21 bits per heavy atom. The molecule has 1 aromatic carbocycles. The van der Waals surface area contributed by atoms with Gasteiger partial charge in [-0.1, -0.05) is 23.4 Å². The summed E-state index contributed by atoms with van der Waals surface area (Å²) in [5, 5.41) is 7.03. The van der Waals surface area contributed by atoms with E-state index in [1.165, 1.54) is 30.4 Å². The van der Waals surface area contributed by atoms with Gasteiger partial charge in [0.15, 0.2) is 0 Å². The lowest BCUT2D eigenvalue weighted by Crippen LogP contribution is -2.27. The molecule has 0 saturated heterocycles. The lowest BCUT2D eigenvalue weighted by molar-refractivity contribution is -0.121. The fourth-order valence-corrected chi connectivity index (χ4v) is 3.61. The van der Waals surface area contributed by atoms with Crippen LogP contribution in [0.4, 0.5) is 0 Å². The van der Waals surface area contributed by atoms with Crippen molar-refractivity contribution in [3.63, 3.8) is 0 Å². The number of carbonyl (C=O) groups is 1. The Labute approximate surface area is 164 Å². The summed E-state index contributed by atoms with van der Waals surface area (Å²) in [6, 6.07) is 10.3. The number of aryl methyl sites for hydroxylation is 3. The molecule has 0 bridgehead atoms. The van der Waals surface area contributed by atoms with Crippen molar-refractivity contribution in [1.29, 1.82) is 0 Å². The first-order chi connectivity index (χ1) is 13.7. The van der Waals surface area contributed by atoms with Crippen LogP contribution < -0.4 is 5.32 Å². The van der Waals surface area contributed by atoms with E-state index >= 15 is 0 Å². The van der Waals surface area contributed by atoms with Gasteiger partial charge in [0.1, 0.15) is 0 Å². The number of pyridine rings is 1. The van der Waals surface area contributed by atoms with E-state index in [1.807, 2.05) is 19.1 Å². The van der Waals surface area contributed by atoms with Crippen LogP contribution in [0.25, 0.3) is 11.4 Å². The third-order valence-corrected chi connectivity index (χ3v) is 5.20. The zero-order valence-corrected chi connectivity index (χ0v) is 16.0. The molecule has 1 aliphatic carbocycles. The van der Waals surface area contributed by atoms with Gasteiger partial charge in [-0.25, -0.2) is 0 Å². The minimum Gasteiger partial charge on any atom is -0.350 e. The fourth-order valence-electron chi connectivity index (χ4n) is 3.61. The minimum atomic E-state index is -0.0219. The number of hydrogen-bond acceptors (Lipinski definition) is 5.